The average Bonchev–Trinajstić information content (AvgIpc) is 2.26. The lowest BCUT2D eigenvalue weighted by atomic mass is 10.00. The minimum atomic E-state index is -4.96. The molecule has 0 radical (unpaired) electrons. The molecule has 0 aliphatic heterocycles. The van der Waals surface area contributed by atoms with Crippen LogP contribution in [-0.4, -0.2) is 96.7 Å². The van der Waals surface area contributed by atoms with Gasteiger partial charge in [0.15, 0.2) is 12.2 Å². The van der Waals surface area contributed by atoms with Gasteiger partial charge in [-0.2, -0.15) is 0 Å². The summed E-state index contributed by atoms with van der Waals surface area (Å²) in [5.41, 5.74) is 0. The summed E-state index contributed by atoms with van der Waals surface area (Å²) < 4.78 is 68.5. The molecule has 0 fully saturated rings. The number of carbonyl (C=O) groups excluding carboxylic acids is 4. The van der Waals surface area contributed by atoms with Gasteiger partial charge >= 0.3 is 39.5 Å². The van der Waals surface area contributed by atoms with Crippen molar-refractivity contribution < 1.29 is 80.2 Å². The van der Waals surface area contributed by atoms with Crippen molar-refractivity contribution in [3.8, 4) is 0 Å². The van der Waals surface area contributed by atoms with E-state index in [4.69, 9.17) is 37.0 Å². The van der Waals surface area contributed by atoms with E-state index >= 15 is 0 Å². The number of unbranched alkanes of at least 4 members (excludes halogenated alkanes) is 36. The highest BCUT2D eigenvalue weighted by molar-refractivity contribution is 7.47. The Kier molecular flexibility index (Phi) is 62.2. The number of phosphoric acid groups is 2. The van der Waals surface area contributed by atoms with Gasteiger partial charge in [-0.15, -0.1) is 0 Å². The normalized spacial score (nSPS) is 14.5. The van der Waals surface area contributed by atoms with Crippen LogP contribution in [0, 0.1) is 23.7 Å². The van der Waals surface area contributed by atoms with Crippen LogP contribution in [0.1, 0.15) is 370 Å². The molecule has 19 heteroatoms. The molecule has 0 aromatic carbocycles. The topological polar surface area (TPSA) is 237 Å². The Morgan fingerprint density at radius 3 is 0.763 bits per heavy atom. The van der Waals surface area contributed by atoms with Gasteiger partial charge in [0.25, 0.3) is 0 Å². The Hall–Kier alpha value is -1.94. The van der Waals surface area contributed by atoms with E-state index in [1.807, 2.05) is 0 Å². The Bertz CT molecular complexity index is 1840. The number of esters is 4. The molecule has 17 nitrogen and oxygen atoms in total. The van der Waals surface area contributed by atoms with Gasteiger partial charge in [-0.25, -0.2) is 9.13 Å². The number of aliphatic hydroxyl groups is 1. The number of phosphoric ester groups is 2. The number of rotatable bonds is 71. The second-order valence-corrected chi connectivity index (χ2v) is 31.3. The Morgan fingerprint density at radius 2 is 0.516 bits per heavy atom. The highest BCUT2D eigenvalue weighted by atomic mass is 31.2. The number of carbonyl (C=O) groups is 4. The Balaban J connectivity index is 5.26. The highest BCUT2D eigenvalue weighted by Gasteiger charge is 2.30. The minimum Gasteiger partial charge on any atom is -0.462 e. The highest BCUT2D eigenvalue weighted by Crippen LogP contribution is 2.45. The fraction of sp³-hybridized carbons (Fsp3) is 0.946. The van der Waals surface area contributed by atoms with Gasteiger partial charge in [-0.3, -0.25) is 37.3 Å². The third-order valence-electron chi connectivity index (χ3n) is 17.4. The predicted molar refractivity (Wildman–Crippen MR) is 377 cm³/mol. The summed E-state index contributed by atoms with van der Waals surface area (Å²) in [5.74, 6) is 0.914. The standard InChI is InChI=1S/C74H144O17P2/c1-9-67(8)53-45-37-32-33-39-47-55-72(77)85-61-70(91-74(79)57-49-41-31-24-18-14-13-16-21-27-35-43-51-65(4)5)63-89-93(82,83)87-59-68(75)58-86-92(80,81)88-62-69(60-84-71(76)54-46-38-29-25-19-22-28-36-44-52-66(6)7)90-73(78)56-48-40-30-23-17-12-10-11-15-20-26-34-42-50-64(2)3/h64-70,75H,9-63H2,1-8H3,(H,80,81)(H,82,83)/t67?,68-,69-,70-/m1/s1. The molecule has 93 heavy (non-hydrogen) atoms. The van der Waals surface area contributed by atoms with Crippen molar-refractivity contribution in [2.75, 3.05) is 39.6 Å². The fourth-order valence-electron chi connectivity index (χ4n) is 11.2. The first-order chi connectivity index (χ1) is 44.6. The summed E-state index contributed by atoms with van der Waals surface area (Å²) >= 11 is 0. The SMILES string of the molecule is CCC(C)CCCCCCCCC(=O)OC[C@H](COP(=O)(O)OC[C@H](O)COP(=O)(O)OC[C@@H](COC(=O)CCCCCCCCCCCC(C)C)OC(=O)CCCCCCCCCCCCCCCC(C)C)OC(=O)CCCCCCCCCCCCCCC(C)C. The van der Waals surface area contributed by atoms with Gasteiger partial charge in [0.1, 0.15) is 19.3 Å². The Morgan fingerprint density at radius 1 is 0.301 bits per heavy atom. The molecule has 0 aliphatic rings. The molecule has 0 aromatic rings. The molecule has 0 bridgehead atoms. The van der Waals surface area contributed by atoms with Crippen molar-refractivity contribution in [1.29, 1.82) is 0 Å². The molecule has 0 spiro atoms. The van der Waals surface area contributed by atoms with Crippen molar-refractivity contribution in [3.05, 3.63) is 0 Å². The van der Waals surface area contributed by atoms with Gasteiger partial charge in [0.2, 0.25) is 0 Å². The van der Waals surface area contributed by atoms with E-state index in [1.54, 1.807) is 0 Å². The molecule has 3 N–H and O–H groups in total. The number of hydrogen-bond donors (Lipinski definition) is 3. The number of aliphatic hydroxyl groups excluding tert-OH is 1. The largest absolute Gasteiger partial charge is 0.472 e. The van der Waals surface area contributed by atoms with Crippen LogP contribution in [0.25, 0.3) is 0 Å². The maximum atomic E-state index is 13.1. The van der Waals surface area contributed by atoms with Crippen molar-refractivity contribution in [3.63, 3.8) is 0 Å². The lowest BCUT2D eigenvalue weighted by Gasteiger charge is -2.21. The van der Waals surface area contributed by atoms with E-state index in [-0.39, 0.29) is 25.7 Å². The summed E-state index contributed by atoms with van der Waals surface area (Å²) in [6.07, 6.45) is 47.2. The van der Waals surface area contributed by atoms with Crippen LogP contribution < -0.4 is 0 Å². The molecule has 0 saturated carbocycles. The first-order valence-electron chi connectivity index (χ1n) is 38.2. The lowest BCUT2D eigenvalue weighted by Crippen LogP contribution is -2.30. The number of ether oxygens (including phenoxy) is 4. The first-order valence-corrected chi connectivity index (χ1v) is 41.2. The van der Waals surface area contributed by atoms with E-state index in [0.717, 1.165) is 120 Å². The van der Waals surface area contributed by atoms with Gasteiger partial charge < -0.3 is 33.8 Å². The van der Waals surface area contributed by atoms with E-state index in [9.17, 15) is 43.2 Å². The third kappa shape index (κ3) is 67.0. The molecule has 0 heterocycles. The molecule has 0 amide bonds. The van der Waals surface area contributed by atoms with Gasteiger partial charge in [0, 0.05) is 25.7 Å². The quantitative estimate of drug-likeness (QED) is 0.0222. The molecular formula is C74H144O17P2. The summed E-state index contributed by atoms with van der Waals surface area (Å²) in [6, 6.07) is 0. The van der Waals surface area contributed by atoms with Crippen molar-refractivity contribution in [1.82, 2.24) is 0 Å². The maximum absolute atomic E-state index is 13.1. The van der Waals surface area contributed by atoms with Crippen LogP contribution >= 0.6 is 15.6 Å². The van der Waals surface area contributed by atoms with Crippen LogP contribution in [0.2, 0.25) is 0 Å². The predicted octanol–water partition coefficient (Wildman–Crippen LogP) is 21.3. The van der Waals surface area contributed by atoms with Crippen LogP contribution in [0.5, 0.6) is 0 Å². The van der Waals surface area contributed by atoms with Gasteiger partial charge in [-0.1, -0.05) is 319 Å². The molecule has 0 saturated heterocycles. The van der Waals surface area contributed by atoms with Crippen LogP contribution in [0.15, 0.2) is 0 Å². The summed E-state index contributed by atoms with van der Waals surface area (Å²) in [4.78, 5) is 72.7. The molecule has 6 atom stereocenters. The van der Waals surface area contributed by atoms with Crippen molar-refractivity contribution in [2.24, 2.45) is 23.7 Å². The fourth-order valence-corrected chi connectivity index (χ4v) is 12.7. The van der Waals surface area contributed by atoms with Crippen LogP contribution in [0.3, 0.4) is 0 Å². The van der Waals surface area contributed by atoms with Crippen LogP contribution in [0.4, 0.5) is 0 Å². The summed E-state index contributed by atoms with van der Waals surface area (Å²) in [6.45, 7) is 14.2. The van der Waals surface area contributed by atoms with Crippen LogP contribution in [-0.2, 0) is 65.4 Å². The summed E-state index contributed by atoms with van der Waals surface area (Å²) in [5, 5.41) is 10.6. The van der Waals surface area contributed by atoms with E-state index in [0.29, 0.717) is 25.7 Å². The van der Waals surface area contributed by atoms with Crippen molar-refractivity contribution in [2.45, 2.75) is 388 Å². The second kappa shape index (κ2) is 63.5. The van der Waals surface area contributed by atoms with Crippen molar-refractivity contribution >= 4 is 39.5 Å². The molecular weight excluding hydrogens is 1220 g/mol. The third-order valence-corrected chi connectivity index (χ3v) is 19.3. The second-order valence-electron chi connectivity index (χ2n) is 28.4. The lowest BCUT2D eigenvalue weighted by molar-refractivity contribution is -0.161. The molecule has 0 aromatic heterocycles. The van der Waals surface area contributed by atoms with Gasteiger partial charge in [0.05, 0.1) is 26.4 Å². The Labute approximate surface area is 568 Å². The number of hydrogen-bond acceptors (Lipinski definition) is 15. The van der Waals surface area contributed by atoms with E-state index in [2.05, 4.69) is 55.4 Å². The first kappa shape index (κ1) is 91.1. The molecule has 0 rings (SSSR count). The van der Waals surface area contributed by atoms with Gasteiger partial charge in [-0.05, 0) is 49.4 Å². The van der Waals surface area contributed by atoms with E-state index in [1.165, 1.54) is 167 Å². The monoisotopic (exact) mass is 1370 g/mol. The summed E-state index contributed by atoms with van der Waals surface area (Å²) in [7, 11) is -9.91. The smallest absolute Gasteiger partial charge is 0.462 e. The zero-order chi connectivity index (χ0) is 68.9. The molecule has 3 unspecified atom stereocenters. The zero-order valence-electron chi connectivity index (χ0n) is 60.9. The molecule has 0 aliphatic carbocycles. The molecule has 552 valence electrons. The van der Waals surface area contributed by atoms with E-state index < -0.39 is 97.5 Å². The maximum Gasteiger partial charge on any atom is 0.472 e. The average molecular weight is 1370 g/mol. The zero-order valence-corrected chi connectivity index (χ0v) is 62.7. The minimum absolute atomic E-state index is 0.105.